The van der Waals surface area contributed by atoms with Crippen LogP contribution in [0.2, 0.25) is 0 Å². The Kier molecular flexibility index (Phi) is 6.21. The molecule has 0 aromatic heterocycles. The Balaban J connectivity index is 2.30. The van der Waals surface area contributed by atoms with Gasteiger partial charge in [-0.1, -0.05) is 0 Å². The molecule has 1 fully saturated rings. The van der Waals surface area contributed by atoms with Crippen molar-refractivity contribution >= 4 is 19.7 Å². The highest BCUT2D eigenvalue weighted by atomic mass is 32.2. The van der Waals surface area contributed by atoms with Crippen LogP contribution in [0.4, 0.5) is 4.39 Å². The van der Waals surface area contributed by atoms with Crippen molar-refractivity contribution in [3.05, 3.63) is 29.6 Å². The molecule has 0 saturated carbocycles. The summed E-state index contributed by atoms with van der Waals surface area (Å²) in [6.07, 6.45) is -0.625. The van der Waals surface area contributed by atoms with Gasteiger partial charge >= 0.3 is 0 Å². The van der Waals surface area contributed by atoms with Crippen LogP contribution in [-0.2, 0) is 29.1 Å². The fourth-order valence-corrected chi connectivity index (χ4v) is 7.59. The third kappa shape index (κ3) is 4.56. The van der Waals surface area contributed by atoms with Gasteiger partial charge in [0, 0.05) is 26.8 Å². The molecule has 7 nitrogen and oxygen atoms in total. The Morgan fingerprint density at radius 3 is 2.48 bits per heavy atom. The topological polar surface area (TPSA) is 98.8 Å². The average molecular weight is 395 g/mol. The number of rotatable bonds is 7. The number of nitrogens with one attached hydrogen (secondary N) is 1. The molecule has 1 aliphatic heterocycles. The standard InChI is InChI=1S/C15H22FNO6S2/c1-10-6-11(4-5-12(10)16)25(20,21)14-9-24(18,19)8-13(14)17-7-15(22-2)23-3/h4-6,13-15,17H,7-9H2,1-3H3/t13-,14-/m0/s1. The largest absolute Gasteiger partial charge is 0.355 e. The SMILES string of the molecule is COC(CN[C@H]1CS(=O)(=O)C[C@@H]1S(=O)(=O)c1ccc(F)c(C)c1)OC. The molecular weight excluding hydrogens is 373 g/mol. The summed E-state index contributed by atoms with van der Waals surface area (Å²) in [6, 6.07) is 2.65. The molecule has 1 saturated heterocycles. The van der Waals surface area contributed by atoms with E-state index in [1.165, 1.54) is 27.2 Å². The van der Waals surface area contributed by atoms with Gasteiger partial charge in [-0.15, -0.1) is 0 Å². The predicted molar refractivity (Wildman–Crippen MR) is 90.4 cm³/mol. The van der Waals surface area contributed by atoms with Gasteiger partial charge in [0.15, 0.2) is 26.0 Å². The zero-order valence-electron chi connectivity index (χ0n) is 14.2. The van der Waals surface area contributed by atoms with E-state index in [9.17, 15) is 21.2 Å². The molecule has 0 radical (unpaired) electrons. The van der Waals surface area contributed by atoms with Gasteiger partial charge in [0.25, 0.3) is 0 Å². The van der Waals surface area contributed by atoms with E-state index in [0.29, 0.717) is 0 Å². The molecule has 25 heavy (non-hydrogen) atoms. The lowest BCUT2D eigenvalue weighted by Gasteiger charge is -2.22. The highest BCUT2D eigenvalue weighted by Crippen LogP contribution is 2.27. The maximum atomic E-state index is 13.4. The van der Waals surface area contributed by atoms with E-state index in [-0.39, 0.29) is 22.8 Å². The zero-order chi connectivity index (χ0) is 18.8. The number of halogens is 1. The molecule has 0 amide bonds. The van der Waals surface area contributed by atoms with Gasteiger partial charge in [-0.05, 0) is 30.7 Å². The molecule has 142 valence electrons. The second-order valence-electron chi connectivity index (χ2n) is 5.99. The van der Waals surface area contributed by atoms with Crippen LogP contribution in [0.15, 0.2) is 23.1 Å². The van der Waals surface area contributed by atoms with Crippen molar-refractivity contribution in [1.82, 2.24) is 5.32 Å². The molecule has 2 atom stereocenters. The van der Waals surface area contributed by atoms with Crippen LogP contribution < -0.4 is 5.32 Å². The summed E-state index contributed by atoms with van der Waals surface area (Å²) < 4.78 is 73.3. The average Bonchev–Trinajstić information content (AvgIpc) is 2.86. The van der Waals surface area contributed by atoms with E-state index in [2.05, 4.69) is 5.32 Å². The summed E-state index contributed by atoms with van der Waals surface area (Å²) >= 11 is 0. The van der Waals surface area contributed by atoms with Crippen LogP contribution >= 0.6 is 0 Å². The Morgan fingerprint density at radius 1 is 1.28 bits per heavy atom. The Labute approximate surface area is 147 Å². The number of aryl methyl sites for hydroxylation is 1. The first-order valence-corrected chi connectivity index (χ1v) is 11.0. The fourth-order valence-electron chi connectivity index (χ4n) is 2.79. The highest BCUT2D eigenvalue weighted by Gasteiger charge is 2.45. The molecule has 2 rings (SSSR count). The van der Waals surface area contributed by atoms with Crippen molar-refractivity contribution < 1.29 is 30.7 Å². The van der Waals surface area contributed by atoms with E-state index in [1.807, 2.05) is 0 Å². The van der Waals surface area contributed by atoms with E-state index >= 15 is 0 Å². The first-order valence-electron chi connectivity index (χ1n) is 7.60. The van der Waals surface area contributed by atoms with Crippen molar-refractivity contribution in [2.24, 2.45) is 0 Å². The monoisotopic (exact) mass is 395 g/mol. The fraction of sp³-hybridized carbons (Fsp3) is 0.600. The number of sulfone groups is 2. The van der Waals surface area contributed by atoms with Crippen LogP contribution in [-0.4, -0.2) is 66.7 Å². The van der Waals surface area contributed by atoms with Crippen LogP contribution in [0.25, 0.3) is 0 Å². The lowest BCUT2D eigenvalue weighted by atomic mass is 10.2. The molecule has 10 heteroatoms. The van der Waals surface area contributed by atoms with E-state index in [0.717, 1.165) is 12.1 Å². The minimum atomic E-state index is -3.95. The third-order valence-corrected chi connectivity index (χ3v) is 8.38. The van der Waals surface area contributed by atoms with E-state index < -0.39 is 48.8 Å². The summed E-state index contributed by atoms with van der Waals surface area (Å²) in [5, 5.41) is 1.75. The molecule has 1 aromatic carbocycles. The Morgan fingerprint density at radius 2 is 1.92 bits per heavy atom. The van der Waals surface area contributed by atoms with Crippen LogP contribution in [0.3, 0.4) is 0 Å². The van der Waals surface area contributed by atoms with Crippen LogP contribution in [0.5, 0.6) is 0 Å². The number of benzene rings is 1. The van der Waals surface area contributed by atoms with Gasteiger partial charge in [0.1, 0.15) is 5.82 Å². The molecule has 0 spiro atoms. The molecule has 0 bridgehead atoms. The maximum absolute atomic E-state index is 13.4. The van der Waals surface area contributed by atoms with Gasteiger partial charge in [-0.2, -0.15) is 0 Å². The maximum Gasteiger partial charge on any atom is 0.183 e. The molecule has 0 aliphatic carbocycles. The van der Waals surface area contributed by atoms with Gasteiger partial charge in [0.05, 0.1) is 21.7 Å². The molecule has 1 aliphatic rings. The van der Waals surface area contributed by atoms with Gasteiger partial charge < -0.3 is 14.8 Å². The molecule has 1 N–H and O–H groups in total. The summed E-state index contributed by atoms with van der Waals surface area (Å²) in [7, 11) is -4.61. The van der Waals surface area contributed by atoms with Crippen molar-refractivity contribution in [3.8, 4) is 0 Å². The smallest absolute Gasteiger partial charge is 0.183 e. The summed E-state index contributed by atoms with van der Waals surface area (Å²) in [5.74, 6) is -1.29. The van der Waals surface area contributed by atoms with Gasteiger partial charge in [-0.25, -0.2) is 21.2 Å². The number of methoxy groups -OCH3 is 2. The van der Waals surface area contributed by atoms with E-state index in [1.54, 1.807) is 0 Å². The minimum absolute atomic E-state index is 0.0877. The second kappa shape index (κ2) is 7.67. The molecule has 0 unspecified atom stereocenters. The molecular formula is C15H22FNO6S2. The predicted octanol–water partition coefficient (Wildman–Crippen LogP) is 0.282. The second-order valence-corrected chi connectivity index (χ2v) is 10.3. The number of hydrogen-bond donors (Lipinski definition) is 1. The molecule has 1 aromatic rings. The number of hydrogen-bond acceptors (Lipinski definition) is 7. The normalized spacial score (nSPS) is 23.2. The Bertz CT molecular complexity index is 820. The third-order valence-electron chi connectivity index (χ3n) is 4.23. The first-order chi connectivity index (χ1) is 11.6. The lowest BCUT2D eigenvalue weighted by molar-refractivity contribution is -0.0995. The summed E-state index contributed by atoms with van der Waals surface area (Å²) in [4.78, 5) is -0.0877. The van der Waals surface area contributed by atoms with Gasteiger partial charge in [-0.3, -0.25) is 0 Å². The first kappa shape index (κ1) is 20.2. The lowest BCUT2D eigenvalue weighted by Crippen LogP contribution is -2.46. The zero-order valence-corrected chi connectivity index (χ0v) is 15.9. The summed E-state index contributed by atoms with van der Waals surface area (Å²) in [5.41, 5.74) is 0.185. The van der Waals surface area contributed by atoms with E-state index in [4.69, 9.17) is 9.47 Å². The quantitative estimate of drug-likeness (QED) is 0.523. The number of ether oxygens (including phenoxy) is 2. The molecule has 1 heterocycles. The van der Waals surface area contributed by atoms with Crippen LogP contribution in [0, 0.1) is 12.7 Å². The van der Waals surface area contributed by atoms with Crippen molar-refractivity contribution in [2.45, 2.75) is 29.4 Å². The van der Waals surface area contributed by atoms with Crippen molar-refractivity contribution in [3.63, 3.8) is 0 Å². The van der Waals surface area contributed by atoms with Crippen LogP contribution in [0.1, 0.15) is 5.56 Å². The van der Waals surface area contributed by atoms with Gasteiger partial charge in [0.2, 0.25) is 0 Å². The van der Waals surface area contributed by atoms with Crippen molar-refractivity contribution in [2.75, 3.05) is 32.3 Å². The Hall–Kier alpha value is -1.07. The highest BCUT2D eigenvalue weighted by molar-refractivity contribution is 7.96. The van der Waals surface area contributed by atoms with Crippen molar-refractivity contribution in [1.29, 1.82) is 0 Å². The minimum Gasteiger partial charge on any atom is -0.355 e. The summed E-state index contributed by atoms with van der Waals surface area (Å²) in [6.45, 7) is 1.60.